The zero-order chi connectivity index (χ0) is 21.8. The minimum Gasteiger partial charge on any atom is -1.00 e. The molecule has 1 unspecified atom stereocenters. The number of aryl methyl sites for hydroxylation is 3. The molecule has 1 heterocycles. The quantitative estimate of drug-likeness (QED) is 0.236. The number of rotatable bonds is 3. The average molecular weight is 485 g/mol. The normalized spacial score (nSPS) is 14.6. The monoisotopic (exact) mass is 484 g/mol. The van der Waals surface area contributed by atoms with E-state index in [0.29, 0.717) is 0 Å². The van der Waals surface area contributed by atoms with Crippen molar-refractivity contribution in [1.82, 2.24) is 0 Å². The van der Waals surface area contributed by atoms with Crippen LogP contribution in [0.2, 0.25) is 0 Å². The Bertz CT molecular complexity index is 1490. The van der Waals surface area contributed by atoms with E-state index in [-0.39, 0.29) is 23.3 Å². The lowest BCUT2D eigenvalue weighted by molar-refractivity contribution is -0.00000633. The van der Waals surface area contributed by atoms with Crippen LogP contribution in [0.4, 0.5) is 0 Å². The Morgan fingerprint density at radius 2 is 1.27 bits per heavy atom. The summed E-state index contributed by atoms with van der Waals surface area (Å²) in [5.41, 5.74) is 5.57. The van der Waals surface area contributed by atoms with E-state index in [0.717, 1.165) is 5.75 Å². The summed E-state index contributed by atoms with van der Waals surface area (Å²) in [6.07, 6.45) is 0. The minimum absolute atomic E-state index is 0. The van der Waals surface area contributed by atoms with E-state index in [9.17, 15) is 0 Å². The molecular formula is C30H25ClS2. The van der Waals surface area contributed by atoms with Gasteiger partial charge in [-0.2, -0.15) is 0 Å². The van der Waals surface area contributed by atoms with E-state index < -0.39 is 0 Å². The van der Waals surface area contributed by atoms with Crippen LogP contribution < -0.4 is 12.4 Å². The molecule has 0 fully saturated rings. The van der Waals surface area contributed by atoms with Crippen molar-refractivity contribution in [2.24, 2.45) is 0 Å². The largest absolute Gasteiger partial charge is 1.00 e. The summed E-state index contributed by atoms with van der Waals surface area (Å²) in [6, 6.07) is 31.9. The van der Waals surface area contributed by atoms with Crippen molar-refractivity contribution in [1.29, 1.82) is 0 Å². The predicted octanol–water partition coefficient (Wildman–Crippen LogP) is 5.62. The van der Waals surface area contributed by atoms with Crippen molar-refractivity contribution in [2.75, 3.05) is 0 Å². The molecule has 0 aliphatic carbocycles. The lowest BCUT2D eigenvalue weighted by Gasteiger charge is -2.13. The molecule has 0 N–H and O–H groups in total. The molecule has 5 aromatic rings. The van der Waals surface area contributed by atoms with Gasteiger partial charge in [0, 0.05) is 26.1 Å². The van der Waals surface area contributed by atoms with E-state index in [1.807, 2.05) is 11.8 Å². The van der Waals surface area contributed by atoms with E-state index in [4.69, 9.17) is 0 Å². The Balaban J connectivity index is 0.00000228. The summed E-state index contributed by atoms with van der Waals surface area (Å²) < 4.78 is 0. The Kier molecular flexibility index (Phi) is 5.95. The fourth-order valence-corrected chi connectivity index (χ4v) is 8.23. The van der Waals surface area contributed by atoms with Gasteiger partial charge in [0.15, 0.2) is 9.79 Å². The second-order valence-electron chi connectivity index (χ2n) is 8.72. The van der Waals surface area contributed by atoms with E-state index in [1.165, 1.54) is 63.4 Å². The van der Waals surface area contributed by atoms with Gasteiger partial charge in [-0.1, -0.05) is 71.4 Å². The zero-order valence-electron chi connectivity index (χ0n) is 19.0. The summed E-state index contributed by atoms with van der Waals surface area (Å²) in [5.74, 6) is 1.10. The van der Waals surface area contributed by atoms with Crippen LogP contribution in [0.3, 0.4) is 0 Å². The van der Waals surface area contributed by atoms with Crippen molar-refractivity contribution < 1.29 is 12.4 Å². The fourth-order valence-electron chi connectivity index (χ4n) is 4.88. The molecule has 0 amide bonds. The summed E-state index contributed by atoms with van der Waals surface area (Å²) in [4.78, 5) is 5.64. The van der Waals surface area contributed by atoms with Gasteiger partial charge >= 0.3 is 0 Å². The average Bonchev–Trinajstić information content (AvgIpc) is 3.20. The molecule has 5 aromatic carbocycles. The number of hydrogen-bond donors (Lipinski definition) is 0. The Hall–Kier alpha value is -2.39. The number of fused-ring (bicyclic) bond motifs is 2. The third-order valence-electron chi connectivity index (χ3n) is 6.57. The first kappa shape index (κ1) is 22.4. The zero-order valence-corrected chi connectivity index (χ0v) is 21.4. The molecule has 164 valence electrons. The highest BCUT2D eigenvalue weighted by atomic mass is 35.5. The molecule has 0 saturated carbocycles. The van der Waals surface area contributed by atoms with Gasteiger partial charge in [-0.3, -0.25) is 0 Å². The highest BCUT2D eigenvalue weighted by molar-refractivity contribution is 7.99. The molecule has 0 bridgehead atoms. The van der Waals surface area contributed by atoms with Crippen LogP contribution in [0.15, 0.2) is 105 Å². The van der Waals surface area contributed by atoms with Gasteiger partial charge < -0.3 is 12.4 Å². The molecule has 1 aliphatic rings. The van der Waals surface area contributed by atoms with Crippen LogP contribution in [-0.4, -0.2) is 0 Å². The molecular weight excluding hydrogens is 460 g/mol. The van der Waals surface area contributed by atoms with Crippen molar-refractivity contribution in [3.8, 4) is 0 Å². The van der Waals surface area contributed by atoms with Crippen LogP contribution in [0, 0.1) is 20.8 Å². The molecule has 6 rings (SSSR count). The Morgan fingerprint density at radius 1 is 0.667 bits per heavy atom. The third kappa shape index (κ3) is 3.75. The molecule has 1 aliphatic heterocycles. The molecule has 0 saturated heterocycles. The maximum Gasteiger partial charge on any atom is 0.169 e. The van der Waals surface area contributed by atoms with Crippen LogP contribution in [0.1, 0.15) is 22.3 Å². The van der Waals surface area contributed by atoms with Crippen LogP contribution in [0.5, 0.6) is 0 Å². The highest BCUT2D eigenvalue weighted by Gasteiger charge is 2.37. The maximum atomic E-state index is 2.36. The van der Waals surface area contributed by atoms with Gasteiger partial charge in [-0.25, -0.2) is 0 Å². The first-order valence-corrected chi connectivity index (χ1v) is 13.3. The van der Waals surface area contributed by atoms with Crippen molar-refractivity contribution in [3.63, 3.8) is 0 Å². The van der Waals surface area contributed by atoms with Gasteiger partial charge in [-0.15, -0.1) is 0 Å². The van der Waals surface area contributed by atoms with Gasteiger partial charge in [0.25, 0.3) is 0 Å². The van der Waals surface area contributed by atoms with Gasteiger partial charge in [0.1, 0.15) is 5.75 Å². The van der Waals surface area contributed by atoms with Crippen LogP contribution >= 0.6 is 11.8 Å². The topological polar surface area (TPSA) is 0 Å². The molecule has 33 heavy (non-hydrogen) atoms. The highest BCUT2D eigenvalue weighted by Crippen LogP contribution is 2.48. The SMILES string of the molecule is Cc1ccc(Sc2cccc3c(C)c4cccc5c4c(c23)C[S+]5c2ccc(C)cc2)cc1.[Cl-]. The standard InChI is InChI=1S/C30H25S2.ClH/c1-19-10-14-22(15-11-19)31-27-8-4-6-24-21(3)25-7-5-9-28-30(25)26(29(24)27)18-32(28)23-16-12-20(2)13-17-23;/h4-17H,18H2,1-3H3;1H/q+1;/p-1. The molecule has 1 atom stereocenters. The Morgan fingerprint density at radius 3 is 1.97 bits per heavy atom. The molecule has 3 heteroatoms. The minimum atomic E-state index is 0. The summed E-state index contributed by atoms with van der Waals surface area (Å²) in [6.45, 7) is 6.62. The molecule has 0 spiro atoms. The first-order chi connectivity index (χ1) is 15.6. The maximum absolute atomic E-state index is 2.36. The second-order valence-corrected chi connectivity index (χ2v) is 11.8. The van der Waals surface area contributed by atoms with Crippen molar-refractivity contribution >= 4 is 44.2 Å². The van der Waals surface area contributed by atoms with E-state index in [1.54, 1.807) is 0 Å². The number of halogens is 1. The second kappa shape index (κ2) is 8.76. The first-order valence-electron chi connectivity index (χ1n) is 11.1. The summed E-state index contributed by atoms with van der Waals surface area (Å²) >= 11 is 1.90. The molecule has 0 nitrogen and oxygen atoms in total. The Labute approximate surface area is 209 Å². The van der Waals surface area contributed by atoms with E-state index >= 15 is 0 Å². The van der Waals surface area contributed by atoms with E-state index in [2.05, 4.69) is 106 Å². The summed E-state index contributed by atoms with van der Waals surface area (Å²) in [7, 11) is 0.0862. The predicted molar refractivity (Wildman–Crippen MR) is 140 cm³/mol. The van der Waals surface area contributed by atoms with Crippen LogP contribution in [-0.2, 0) is 16.6 Å². The van der Waals surface area contributed by atoms with Crippen molar-refractivity contribution in [2.45, 2.75) is 46.1 Å². The van der Waals surface area contributed by atoms with Crippen LogP contribution in [0.25, 0.3) is 21.5 Å². The lowest BCUT2D eigenvalue weighted by Crippen LogP contribution is -3.00. The third-order valence-corrected chi connectivity index (χ3v) is 9.93. The van der Waals surface area contributed by atoms with Crippen molar-refractivity contribution in [3.05, 3.63) is 107 Å². The lowest BCUT2D eigenvalue weighted by atomic mass is 9.93. The van der Waals surface area contributed by atoms with Gasteiger partial charge in [0.05, 0.1) is 10.9 Å². The summed E-state index contributed by atoms with van der Waals surface area (Å²) in [5, 5.41) is 5.77. The smallest absolute Gasteiger partial charge is 0.169 e. The van der Waals surface area contributed by atoms with Gasteiger partial charge in [0.2, 0.25) is 0 Å². The molecule has 0 aromatic heterocycles. The fraction of sp³-hybridized carbons (Fsp3) is 0.133. The molecule has 0 radical (unpaired) electrons. The van der Waals surface area contributed by atoms with Gasteiger partial charge in [-0.05, 0) is 73.5 Å². The number of benzene rings is 5. The number of hydrogen-bond acceptors (Lipinski definition) is 1.